The number of amides is 1. The van der Waals surface area contributed by atoms with Gasteiger partial charge in [0.1, 0.15) is 5.60 Å². The van der Waals surface area contributed by atoms with Crippen molar-refractivity contribution in [2.24, 2.45) is 5.41 Å². The summed E-state index contributed by atoms with van der Waals surface area (Å²) in [5.41, 5.74) is 1.90. The van der Waals surface area contributed by atoms with Gasteiger partial charge in [0.2, 0.25) is 0 Å². The summed E-state index contributed by atoms with van der Waals surface area (Å²) in [5.74, 6) is 0. The molecule has 27 heavy (non-hydrogen) atoms. The molecule has 150 valence electrons. The molecule has 0 aliphatic carbocycles. The van der Waals surface area contributed by atoms with Gasteiger partial charge in [0.05, 0.1) is 32.5 Å². The number of benzene rings is 1. The molecule has 5 heteroatoms. The smallest absolute Gasteiger partial charge is 0.410 e. The van der Waals surface area contributed by atoms with Gasteiger partial charge in [-0.25, -0.2) is 4.79 Å². The van der Waals surface area contributed by atoms with Crippen LogP contribution in [0.5, 0.6) is 0 Å². The molecule has 1 aromatic rings. The van der Waals surface area contributed by atoms with E-state index in [1.165, 1.54) is 5.56 Å². The number of aryl methyl sites for hydroxylation is 1. The minimum Gasteiger partial charge on any atom is -0.443 e. The van der Waals surface area contributed by atoms with Crippen LogP contribution in [-0.2, 0) is 14.2 Å². The molecule has 3 rings (SSSR count). The number of ether oxygens (including phenoxy) is 3. The Morgan fingerprint density at radius 3 is 2.15 bits per heavy atom. The summed E-state index contributed by atoms with van der Waals surface area (Å²) >= 11 is 0. The standard InChI is InChI=1S/C22H33NO4/c1-17-5-7-19(8-6-17)18(2)23-12-9-22(27-20(23)24)10-13-25-15-21(3,4)16-26-14-11-22/h5-8,18H,9-16H2,1-4H3. The molecule has 1 unspecified atom stereocenters. The molecular formula is C22H33NO4. The molecule has 2 aliphatic heterocycles. The maximum absolute atomic E-state index is 12.8. The fourth-order valence-electron chi connectivity index (χ4n) is 3.82. The van der Waals surface area contributed by atoms with Gasteiger partial charge < -0.3 is 19.1 Å². The van der Waals surface area contributed by atoms with Gasteiger partial charge in [-0.1, -0.05) is 43.7 Å². The summed E-state index contributed by atoms with van der Waals surface area (Å²) in [6, 6.07) is 8.35. The van der Waals surface area contributed by atoms with Gasteiger partial charge in [-0.3, -0.25) is 0 Å². The highest BCUT2D eigenvalue weighted by Gasteiger charge is 2.42. The van der Waals surface area contributed by atoms with Crippen LogP contribution in [0.2, 0.25) is 0 Å². The second kappa shape index (κ2) is 8.19. The van der Waals surface area contributed by atoms with E-state index in [-0.39, 0.29) is 17.6 Å². The van der Waals surface area contributed by atoms with Gasteiger partial charge in [-0.2, -0.15) is 0 Å². The Kier molecular flexibility index (Phi) is 6.11. The maximum atomic E-state index is 12.8. The van der Waals surface area contributed by atoms with E-state index in [0.29, 0.717) is 33.0 Å². The monoisotopic (exact) mass is 375 g/mol. The SMILES string of the molecule is Cc1ccc(C(C)N2CCC3(CCOCC(C)(C)COCC3)OC2=O)cc1. The van der Waals surface area contributed by atoms with E-state index in [2.05, 4.69) is 52.0 Å². The van der Waals surface area contributed by atoms with E-state index in [0.717, 1.165) is 24.8 Å². The Balaban J connectivity index is 1.64. The van der Waals surface area contributed by atoms with Gasteiger partial charge in [0.25, 0.3) is 0 Å². The molecule has 0 saturated carbocycles. The van der Waals surface area contributed by atoms with Crippen LogP contribution in [0.1, 0.15) is 57.2 Å². The minimum absolute atomic E-state index is 0.00304. The quantitative estimate of drug-likeness (QED) is 0.764. The first-order valence-corrected chi connectivity index (χ1v) is 10.0. The average molecular weight is 376 g/mol. The second-order valence-corrected chi connectivity index (χ2v) is 8.85. The average Bonchev–Trinajstić information content (AvgIpc) is 2.63. The van der Waals surface area contributed by atoms with Crippen LogP contribution in [0.25, 0.3) is 0 Å². The van der Waals surface area contributed by atoms with Gasteiger partial charge in [-0.15, -0.1) is 0 Å². The highest BCUT2D eigenvalue weighted by Crippen LogP contribution is 2.35. The van der Waals surface area contributed by atoms with Crippen LogP contribution in [0.15, 0.2) is 24.3 Å². The molecule has 1 amide bonds. The second-order valence-electron chi connectivity index (χ2n) is 8.85. The minimum atomic E-state index is -0.470. The van der Waals surface area contributed by atoms with Crippen molar-refractivity contribution in [3.8, 4) is 0 Å². The number of nitrogens with zero attached hydrogens (tertiary/aromatic N) is 1. The van der Waals surface area contributed by atoms with E-state index in [9.17, 15) is 4.79 Å². The molecule has 2 fully saturated rings. The van der Waals surface area contributed by atoms with E-state index in [1.54, 1.807) is 0 Å². The summed E-state index contributed by atoms with van der Waals surface area (Å²) in [6.45, 7) is 11.7. The Morgan fingerprint density at radius 2 is 1.59 bits per heavy atom. The largest absolute Gasteiger partial charge is 0.443 e. The van der Waals surface area contributed by atoms with E-state index >= 15 is 0 Å². The van der Waals surface area contributed by atoms with Gasteiger partial charge >= 0.3 is 6.09 Å². The first-order valence-electron chi connectivity index (χ1n) is 10.0. The lowest BCUT2D eigenvalue weighted by Gasteiger charge is -2.44. The number of carbonyl (C=O) groups is 1. The molecule has 0 radical (unpaired) electrons. The van der Waals surface area contributed by atoms with Crippen molar-refractivity contribution in [3.05, 3.63) is 35.4 Å². The zero-order valence-electron chi connectivity index (χ0n) is 17.1. The number of hydrogen-bond donors (Lipinski definition) is 0. The fraction of sp³-hybridized carbons (Fsp3) is 0.682. The van der Waals surface area contributed by atoms with Crippen LogP contribution in [-0.4, -0.2) is 49.6 Å². The topological polar surface area (TPSA) is 48.0 Å². The zero-order chi connectivity index (χ0) is 19.5. The Labute approximate surface area is 163 Å². The predicted octanol–water partition coefficient (Wildman–Crippen LogP) is 4.49. The maximum Gasteiger partial charge on any atom is 0.410 e. The van der Waals surface area contributed by atoms with Crippen molar-refractivity contribution in [2.75, 3.05) is 33.0 Å². The first-order chi connectivity index (χ1) is 12.8. The first kappa shape index (κ1) is 20.2. The van der Waals surface area contributed by atoms with Crippen LogP contribution in [0.4, 0.5) is 4.79 Å². The number of carbonyl (C=O) groups excluding carboxylic acids is 1. The summed E-state index contributed by atoms with van der Waals surface area (Å²) in [4.78, 5) is 14.7. The molecule has 2 aliphatic rings. The third kappa shape index (κ3) is 5.02. The molecule has 5 nitrogen and oxygen atoms in total. The van der Waals surface area contributed by atoms with Crippen molar-refractivity contribution in [1.82, 2.24) is 4.90 Å². The van der Waals surface area contributed by atoms with Crippen molar-refractivity contribution in [3.63, 3.8) is 0 Å². The van der Waals surface area contributed by atoms with E-state index in [1.807, 2.05) is 4.90 Å². The lowest BCUT2D eigenvalue weighted by molar-refractivity contribution is -0.105. The van der Waals surface area contributed by atoms with Gasteiger partial charge in [0, 0.05) is 31.2 Å². The number of hydrogen-bond acceptors (Lipinski definition) is 4. The molecule has 0 aromatic heterocycles. The Hall–Kier alpha value is -1.59. The zero-order valence-corrected chi connectivity index (χ0v) is 17.1. The normalized spacial score (nSPS) is 24.3. The fourth-order valence-corrected chi connectivity index (χ4v) is 3.82. The van der Waals surface area contributed by atoms with Crippen LogP contribution in [0.3, 0.4) is 0 Å². The Morgan fingerprint density at radius 1 is 1.00 bits per heavy atom. The van der Waals surface area contributed by atoms with Gasteiger partial charge in [-0.05, 0) is 19.4 Å². The lowest BCUT2D eigenvalue weighted by atomic mass is 9.89. The van der Waals surface area contributed by atoms with E-state index in [4.69, 9.17) is 14.2 Å². The van der Waals surface area contributed by atoms with Crippen LogP contribution >= 0.6 is 0 Å². The lowest BCUT2D eigenvalue weighted by Crippen LogP contribution is -2.51. The summed E-state index contributed by atoms with van der Waals surface area (Å²) in [6.07, 6.45) is 2.03. The highest BCUT2D eigenvalue weighted by molar-refractivity contribution is 5.69. The van der Waals surface area contributed by atoms with Gasteiger partial charge in [0.15, 0.2) is 0 Å². The van der Waals surface area contributed by atoms with E-state index < -0.39 is 5.60 Å². The molecule has 1 atom stereocenters. The molecule has 2 saturated heterocycles. The summed E-state index contributed by atoms with van der Waals surface area (Å²) < 4.78 is 17.7. The van der Waals surface area contributed by atoms with Crippen LogP contribution in [0, 0.1) is 12.3 Å². The summed E-state index contributed by atoms with van der Waals surface area (Å²) in [5, 5.41) is 0. The summed E-state index contributed by atoms with van der Waals surface area (Å²) in [7, 11) is 0. The molecule has 1 spiro atoms. The molecule has 1 aromatic carbocycles. The Bertz CT molecular complexity index is 626. The highest BCUT2D eigenvalue weighted by atomic mass is 16.6. The van der Waals surface area contributed by atoms with Crippen molar-refractivity contribution >= 4 is 6.09 Å². The van der Waals surface area contributed by atoms with Crippen LogP contribution < -0.4 is 0 Å². The van der Waals surface area contributed by atoms with Crippen molar-refractivity contribution in [1.29, 1.82) is 0 Å². The van der Waals surface area contributed by atoms with Crippen molar-refractivity contribution < 1.29 is 19.0 Å². The molecular weight excluding hydrogens is 342 g/mol. The predicted molar refractivity (Wildman–Crippen MR) is 105 cm³/mol. The molecule has 0 N–H and O–H groups in total. The third-order valence-electron chi connectivity index (χ3n) is 5.76. The van der Waals surface area contributed by atoms with Crippen molar-refractivity contribution in [2.45, 2.75) is 58.6 Å². The molecule has 2 heterocycles. The third-order valence-corrected chi connectivity index (χ3v) is 5.76. The number of rotatable bonds is 2. The molecule has 0 bridgehead atoms.